The van der Waals surface area contributed by atoms with Gasteiger partial charge in [0.05, 0.1) is 12.9 Å². The number of nitrogens with zero attached hydrogens (tertiary/aromatic N) is 5. The number of carbonyl (C=O) groups excluding carboxylic acids is 2. The smallest absolute Gasteiger partial charge is 0.409 e. The predicted octanol–water partition coefficient (Wildman–Crippen LogP) is 1.97. The largest absolute Gasteiger partial charge is 0.449 e. The lowest BCUT2D eigenvalue weighted by Gasteiger charge is -2.31. The molecule has 4 heterocycles. The number of likely N-dealkylation sites (N-methyl/N-ethyl adjacent to an activating group) is 1. The molecule has 42 heavy (non-hydrogen) atoms. The van der Waals surface area contributed by atoms with Gasteiger partial charge in [-0.1, -0.05) is 39.0 Å². The lowest BCUT2D eigenvalue weighted by molar-refractivity contribution is -0.137. The number of aliphatic hydroxyl groups excluding tert-OH is 2. The summed E-state index contributed by atoms with van der Waals surface area (Å²) in [6.07, 6.45) is 2.65. The molecule has 5 N–H and O–H groups in total. The zero-order valence-corrected chi connectivity index (χ0v) is 24.7. The Balaban J connectivity index is 1.34. The zero-order chi connectivity index (χ0) is 30.2. The van der Waals surface area contributed by atoms with Crippen LogP contribution in [-0.4, -0.2) is 91.2 Å². The highest BCUT2D eigenvalue weighted by atomic mass is 16.6. The molecule has 2 saturated heterocycles. The van der Waals surface area contributed by atoms with Crippen LogP contribution in [-0.2, 0) is 14.3 Å². The molecule has 2 aliphatic heterocycles. The van der Waals surface area contributed by atoms with Gasteiger partial charge in [0.2, 0.25) is 5.82 Å². The van der Waals surface area contributed by atoms with E-state index in [1.807, 2.05) is 0 Å². The van der Waals surface area contributed by atoms with Crippen molar-refractivity contribution in [1.82, 2.24) is 29.7 Å². The summed E-state index contributed by atoms with van der Waals surface area (Å²) in [5.74, 6) is 6.64. The Bertz CT molecular complexity index is 1280. The summed E-state index contributed by atoms with van der Waals surface area (Å²) in [6, 6.07) is 0. The normalized spacial score (nSPS) is 23.4. The SMILES string of the molecule is CCCCC(CC)COC(=O)N1CCC(CC#Cc2nc(N)c3ncn([C@@H]4O[C@H](C(=O)NCC)[C@@H](O)[C@H]4O)c3n2)CC1. The maximum Gasteiger partial charge on any atom is 0.409 e. The molecule has 0 spiro atoms. The molecular formula is C29H43N7O6. The predicted molar refractivity (Wildman–Crippen MR) is 155 cm³/mol. The van der Waals surface area contributed by atoms with Gasteiger partial charge in [-0.15, -0.1) is 0 Å². The summed E-state index contributed by atoms with van der Waals surface area (Å²) >= 11 is 0. The number of fused-ring (bicyclic) bond motifs is 1. The lowest BCUT2D eigenvalue weighted by Crippen LogP contribution is -2.42. The van der Waals surface area contributed by atoms with Crippen LogP contribution in [0.1, 0.15) is 77.8 Å². The number of ether oxygens (including phenoxy) is 2. The number of unbranched alkanes of at least 4 members (excludes halogenated alkanes) is 1. The Morgan fingerprint density at radius 2 is 1.98 bits per heavy atom. The van der Waals surface area contributed by atoms with Crippen LogP contribution in [0, 0.1) is 23.7 Å². The van der Waals surface area contributed by atoms with Crippen molar-refractivity contribution in [2.45, 2.75) is 90.3 Å². The summed E-state index contributed by atoms with van der Waals surface area (Å²) < 4.78 is 12.7. The number of piperidine rings is 1. The van der Waals surface area contributed by atoms with Gasteiger partial charge >= 0.3 is 6.09 Å². The summed E-state index contributed by atoms with van der Waals surface area (Å²) in [4.78, 5) is 39.5. The van der Waals surface area contributed by atoms with Crippen molar-refractivity contribution in [1.29, 1.82) is 0 Å². The van der Waals surface area contributed by atoms with E-state index in [0.717, 1.165) is 38.5 Å². The van der Waals surface area contributed by atoms with E-state index < -0.39 is 30.4 Å². The average molecular weight is 586 g/mol. The average Bonchev–Trinajstić information content (AvgIpc) is 3.54. The van der Waals surface area contributed by atoms with Crippen LogP contribution in [0.25, 0.3) is 11.2 Å². The molecule has 13 nitrogen and oxygen atoms in total. The molecule has 2 aliphatic rings. The number of anilines is 1. The molecule has 13 heteroatoms. The van der Waals surface area contributed by atoms with Crippen LogP contribution in [0.4, 0.5) is 10.6 Å². The van der Waals surface area contributed by atoms with Gasteiger partial charge in [0.15, 0.2) is 23.8 Å². The summed E-state index contributed by atoms with van der Waals surface area (Å²) in [6.45, 7) is 8.16. The number of hydrogen-bond donors (Lipinski definition) is 4. The highest BCUT2D eigenvalue weighted by Crippen LogP contribution is 2.32. The van der Waals surface area contributed by atoms with Crippen LogP contribution in [0.3, 0.4) is 0 Å². The van der Waals surface area contributed by atoms with Crippen molar-refractivity contribution < 1.29 is 29.3 Å². The number of amides is 2. The van der Waals surface area contributed by atoms with Crippen molar-refractivity contribution in [3.8, 4) is 11.8 Å². The van der Waals surface area contributed by atoms with E-state index in [2.05, 4.69) is 46.0 Å². The second-order valence-electron chi connectivity index (χ2n) is 11.0. The minimum absolute atomic E-state index is 0.114. The fourth-order valence-corrected chi connectivity index (χ4v) is 5.33. The Kier molecular flexibility index (Phi) is 11.0. The fourth-order valence-electron chi connectivity index (χ4n) is 5.33. The third-order valence-corrected chi connectivity index (χ3v) is 8.02. The minimum atomic E-state index is -1.43. The Morgan fingerprint density at radius 3 is 2.67 bits per heavy atom. The third-order valence-electron chi connectivity index (χ3n) is 8.02. The quantitative estimate of drug-likeness (QED) is 0.301. The third kappa shape index (κ3) is 7.29. The second-order valence-corrected chi connectivity index (χ2v) is 11.0. The van der Waals surface area contributed by atoms with Crippen LogP contribution < -0.4 is 11.1 Å². The number of nitrogens with one attached hydrogen (secondary N) is 1. The van der Waals surface area contributed by atoms with E-state index in [9.17, 15) is 19.8 Å². The van der Waals surface area contributed by atoms with E-state index >= 15 is 0 Å². The maximum atomic E-state index is 12.5. The second kappa shape index (κ2) is 14.6. The molecule has 0 aromatic carbocycles. The summed E-state index contributed by atoms with van der Waals surface area (Å²) in [5.41, 5.74) is 6.68. The van der Waals surface area contributed by atoms with Crippen molar-refractivity contribution >= 4 is 29.0 Å². The van der Waals surface area contributed by atoms with Gasteiger partial charge in [-0.2, -0.15) is 0 Å². The first-order valence-electron chi connectivity index (χ1n) is 15.0. The fraction of sp³-hybridized carbons (Fsp3) is 0.690. The Morgan fingerprint density at radius 1 is 1.21 bits per heavy atom. The standard InChI is InChI=1S/C29H43N7O6/c1-4-7-9-18(5-2)16-41-29(40)35-14-12-19(13-15-35)10-8-11-20-33-25(30)21-26(34-20)36(17-32-21)28-23(38)22(37)24(42-28)27(39)31-6-3/h17-19,22-24,28,37-38H,4-7,9-10,12-16H2,1-3H3,(H,31,39)(H2,30,33,34)/t18?,22-,23+,24-,28+/m0/s1. The van der Waals surface area contributed by atoms with Crippen molar-refractivity contribution in [3.63, 3.8) is 0 Å². The number of aromatic nitrogens is 4. The first kappa shape index (κ1) is 31.5. The molecule has 0 bridgehead atoms. The van der Waals surface area contributed by atoms with Crippen LogP contribution in [0.2, 0.25) is 0 Å². The van der Waals surface area contributed by atoms with Gasteiger partial charge in [-0.3, -0.25) is 9.36 Å². The molecule has 0 radical (unpaired) electrons. The van der Waals surface area contributed by atoms with Gasteiger partial charge in [0.25, 0.3) is 5.91 Å². The summed E-state index contributed by atoms with van der Waals surface area (Å²) in [5, 5.41) is 23.6. The molecular weight excluding hydrogens is 542 g/mol. The highest BCUT2D eigenvalue weighted by molar-refractivity contribution is 5.83. The Labute approximate surface area is 246 Å². The molecule has 0 aliphatic carbocycles. The number of rotatable bonds is 10. The van der Waals surface area contributed by atoms with E-state index in [-0.39, 0.29) is 23.4 Å². The first-order valence-corrected chi connectivity index (χ1v) is 15.0. The number of aliphatic hydroxyl groups is 2. The van der Waals surface area contributed by atoms with E-state index in [4.69, 9.17) is 15.2 Å². The molecule has 4 rings (SSSR count). The molecule has 2 fully saturated rings. The van der Waals surface area contributed by atoms with E-state index in [1.54, 1.807) is 11.8 Å². The van der Waals surface area contributed by atoms with Crippen LogP contribution in [0.5, 0.6) is 0 Å². The molecule has 230 valence electrons. The number of likely N-dealkylation sites (tertiary alicyclic amines) is 1. The molecule has 5 atom stereocenters. The van der Waals surface area contributed by atoms with E-state index in [0.29, 0.717) is 50.0 Å². The number of carbonyl (C=O) groups is 2. The zero-order valence-electron chi connectivity index (χ0n) is 24.7. The number of imidazole rings is 1. The molecule has 0 saturated carbocycles. The van der Waals surface area contributed by atoms with Gasteiger partial charge in [-0.25, -0.2) is 19.7 Å². The van der Waals surface area contributed by atoms with E-state index in [1.165, 1.54) is 10.9 Å². The molecule has 2 aromatic heterocycles. The van der Waals surface area contributed by atoms with Gasteiger partial charge in [0.1, 0.15) is 17.7 Å². The van der Waals surface area contributed by atoms with Gasteiger partial charge in [0, 0.05) is 26.1 Å². The highest BCUT2D eigenvalue weighted by Gasteiger charge is 2.47. The van der Waals surface area contributed by atoms with Crippen molar-refractivity contribution in [3.05, 3.63) is 12.2 Å². The lowest BCUT2D eigenvalue weighted by atomic mass is 9.94. The molecule has 2 aromatic rings. The minimum Gasteiger partial charge on any atom is -0.449 e. The van der Waals surface area contributed by atoms with Crippen molar-refractivity contribution in [2.75, 3.05) is 32.0 Å². The first-order chi connectivity index (χ1) is 20.3. The van der Waals surface area contributed by atoms with Crippen LogP contribution in [0.15, 0.2) is 6.33 Å². The number of hydrogen-bond acceptors (Lipinski definition) is 10. The van der Waals surface area contributed by atoms with Crippen LogP contribution >= 0.6 is 0 Å². The van der Waals surface area contributed by atoms with Gasteiger partial charge < -0.3 is 35.6 Å². The number of nitrogen functional groups attached to an aromatic ring is 1. The van der Waals surface area contributed by atoms with Gasteiger partial charge in [-0.05, 0) is 43.9 Å². The van der Waals surface area contributed by atoms with Crippen molar-refractivity contribution in [2.24, 2.45) is 11.8 Å². The Hall–Kier alpha value is -3.47. The molecule has 2 amide bonds. The molecule has 1 unspecified atom stereocenters. The summed E-state index contributed by atoms with van der Waals surface area (Å²) in [7, 11) is 0. The number of nitrogens with two attached hydrogens (primary N) is 1. The maximum absolute atomic E-state index is 12.5. The monoisotopic (exact) mass is 585 g/mol. The topological polar surface area (TPSA) is 178 Å².